The van der Waals surface area contributed by atoms with E-state index in [1.807, 2.05) is 6.07 Å². The predicted molar refractivity (Wildman–Crippen MR) is 77.7 cm³/mol. The molecule has 0 saturated heterocycles. The van der Waals surface area contributed by atoms with Gasteiger partial charge in [-0.2, -0.15) is 0 Å². The number of benzene rings is 1. The van der Waals surface area contributed by atoms with Gasteiger partial charge < -0.3 is 9.84 Å². The van der Waals surface area contributed by atoms with Crippen LogP contribution in [0.25, 0.3) is 0 Å². The van der Waals surface area contributed by atoms with Crippen LogP contribution >= 0.6 is 15.9 Å². The fourth-order valence-electron chi connectivity index (χ4n) is 2.47. The minimum Gasteiger partial charge on any atom is -0.490 e. The SMILES string of the molecule is CC(=O)c1cc(Br)ccc1OCC1(O)CCCCC1. The normalized spacial score (nSPS) is 18.1. The number of halogens is 1. The third kappa shape index (κ3) is 3.80. The molecule has 0 bridgehead atoms. The number of carbonyl (C=O) groups is 1. The maximum Gasteiger partial charge on any atom is 0.163 e. The Morgan fingerprint density at radius 1 is 1.37 bits per heavy atom. The Hall–Kier alpha value is -0.870. The Morgan fingerprint density at radius 3 is 2.68 bits per heavy atom. The molecule has 0 radical (unpaired) electrons. The van der Waals surface area contributed by atoms with Crippen LogP contribution < -0.4 is 4.74 Å². The molecule has 1 N–H and O–H groups in total. The van der Waals surface area contributed by atoms with Gasteiger partial charge in [0.25, 0.3) is 0 Å². The van der Waals surface area contributed by atoms with E-state index in [1.165, 1.54) is 13.3 Å². The van der Waals surface area contributed by atoms with Gasteiger partial charge in [0.05, 0.1) is 11.2 Å². The number of ether oxygens (including phenoxy) is 1. The molecule has 0 aliphatic heterocycles. The Kier molecular flexibility index (Phi) is 4.63. The van der Waals surface area contributed by atoms with Crippen LogP contribution in [0.15, 0.2) is 22.7 Å². The van der Waals surface area contributed by atoms with Gasteiger partial charge >= 0.3 is 0 Å². The lowest BCUT2D eigenvalue weighted by atomic mass is 9.85. The molecule has 2 rings (SSSR count). The number of ketones is 1. The standard InChI is InChI=1S/C15H19BrO3/c1-11(17)13-9-12(16)5-6-14(13)19-10-15(18)7-3-2-4-8-15/h5-6,9,18H,2-4,7-8,10H2,1H3. The van der Waals surface area contributed by atoms with Crippen molar-refractivity contribution >= 4 is 21.7 Å². The van der Waals surface area contributed by atoms with Gasteiger partial charge in [0.15, 0.2) is 5.78 Å². The molecule has 0 amide bonds. The summed E-state index contributed by atoms with van der Waals surface area (Å²) in [5, 5.41) is 10.4. The van der Waals surface area contributed by atoms with Crippen LogP contribution in [-0.2, 0) is 0 Å². The number of rotatable bonds is 4. The first-order valence-corrected chi connectivity index (χ1v) is 7.45. The largest absolute Gasteiger partial charge is 0.490 e. The zero-order valence-corrected chi connectivity index (χ0v) is 12.7. The molecule has 1 fully saturated rings. The van der Waals surface area contributed by atoms with E-state index in [2.05, 4.69) is 15.9 Å². The molecule has 1 aliphatic carbocycles. The summed E-state index contributed by atoms with van der Waals surface area (Å²) in [6, 6.07) is 5.36. The molecule has 4 heteroatoms. The van der Waals surface area contributed by atoms with Crippen molar-refractivity contribution in [2.45, 2.75) is 44.6 Å². The highest BCUT2D eigenvalue weighted by Crippen LogP contribution is 2.30. The van der Waals surface area contributed by atoms with Crippen LogP contribution in [0.2, 0.25) is 0 Å². The zero-order valence-electron chi connectivity index (χ0n) is 11.1. The van der Waals surface area contributed by atoms with Crippen LogP contribution in [0, 0.1) is 0 Å². The fraction of sp³-hybridized carbons (Fsp3) is 0.533. The highest BCUT2D eigenvalue weighted by Gasteiger charge is 2.30. The first kappa shape index (κ1) is 14.5. The number of hydrogen-bond acceptors (Lipinski definition) is 3. The third-order valence-corrected chi connectivity index (χ3v) is 4.09. The quantitative estimate of drug-likeness (QED) is 0.857. The van der Waals surface area contributed by atoms with Crippen LogP contribution in [0.4, 0.5) is 0 Å². The second kappa shape index (κ2) is 6.06. The van der Waals surface area contributed by atoms with Crippen molar-refractivity contribution in [3.05, 3.63) is 28.2 Å². The van der Waals surface area contributed by atoms with Gasteiger partial charge in [0, 0.05) is 4.47 Å². The highest BCUT2D eigenvalue weighted by molar-refractivity contribution is 9.10. The first-order chi connectivity index (χ1) is 9.00. The molecule has 1 aromatic carbocycles. The summed E-state index contributed by atoms with van der Waals surface area (Å²) in [6.07, 6.45) is 4.82. The summed E-state index contributed by atoms with van der Waals surface area (Å²) < 4.78 is 6.55. The maximum absolute atomic E-state index is 11.6. The van der Waals surface area contributed by atoms with E-state index < -0.39 is 5.60 Å². The Labute approximate surface area is 122 Å². The van der Waals surface area contributed by atoms with E-state index in [9.17, 15) is 9.90 Å². The summed E-state index contributed by atoms with van der Waals surface area (Å²) in [6.45, 7) is 1.78. The number of hydrogen-bond donors (Lipinski definition) is 1. The van der Waals surface area contributed by atoms with Gasteiger partial charge in [-0.15, -0.1) is 0 Å². The third-order valence-electron chi connectivity index (χ3n) is 3.60. The zero-order chi connectivity index (χ0) is 13.9. The highest BCUT2D eigenvalue weighted by atomic mass is 79.9. The Bertz CT molecular complexity index is 464. The van der Waals surface area contributed by atoms with E-state index in [4.69, 9.17) is 4.74 Å². The minimum atomic E-state index is -0.737. The summed E-state index contributed by atoms with van der Waals surface area (Å²) in [5.74, 6) is 0.515. The minimum absolute atomic E-state index is 0.0352. The molecule has 0 spiro atoms. The lowest BCUT2D eigenvalue weighted by Gasteiger charge is -2.31. The van der Waals surface area contributed by atoms with E-state index >= 15 is 0 Å². The van der Waals surface area contributed by atoms with Crippen molar-refractivity contribution < 1.29 is 14.6 Å². The maximum atomic E-state index is 11.6. The Balaban J connectivity index is 2.08. The van der Waals surface area contributed by atoms with E-state index in [0.29, 0.717) is 11.3 Å². The van der Waals surface area contributed by atoms with Gasteiger partial charge in [-0.05, 0) is 38.0 Å². The molecule has 1 aromatic rings. The van der Waals surface area contributed by atoms with E-state index in [0.717, 1.165) is 30.2 Å². The van der Waals surface area contributed by atoms with Gasteiger partial charge in [0.2, 0.25) is 0 Å². The van der Waals surface area contributed by atoms with Crippen LogP contribution in [0.5, 0.6) is 5.75 Å². The van der Waals surface area contributed by atoms with Crippen molar-refractivity contribution in [2.75, 3.05) is 6.61 Å². The average molecular weight is 327 g/mol. The molecule has 0 atom stereocenters. The lowest BCUT2D eigenvalue weighted by Crippen LogP contribution is -2.38. The van der Waals surface area contributed by atoms with Gasteiger partial charge in [-0.1, -0.05) is 35.2 Å². The van der Waals surface area contributed by atoms with Crippen LogP contribution in [0.1, 0.15) is 49.4 Å². The van der Waals surface area contributed by atoms with Gasteiger partial charge in [0.1, 0.15) is 12.4 Å². The van der Waals surface area contributed by atoms with Crippen molar-refractivity contribution in [3.8, 4) is 5.75 Å². The van der Waals surface area contributed by atoms with Crippen LogP contribution in [0.3, 0.4) is 0 Å². The number of aliphatic hydroxyl groups is 1. The number of Topliss-reactive ketones (excluding diaryl/α,β-unsaturated/α-hetero) is 1. The Morgan fingerprint density at radius 2 is 2.05 bits per heavy atom. The van der Waals surface area contributed by atoms with Gasteiger partial charge in [-0.3, -0.25) is 4.79 Å². The molecule has 104 valence electrons. The molecule has 3 nitrogen and oxygen atoms in total. The molecular formula is C15H19BrO3. The summed E-state index contributed by atoms with van der Waals surface area (Å²) in [4.78, 5) is 11.6. The monoisotopic (exact) mass is 326 g/mol. The summed E-state index contributed by atoms with van der Waals surface area (Å²) >= 11 is 3.35. The molecule has 1 saturated carbocycles. The summed E-state index contributed by atoms with van der Waals surface area (Å²) in [7, 11) is 0. The van der Waals surface area contributed by atoms with Crippen LogP contribution in [-0.4, -0.2) is 23.1 Å². The molecule has 0 aromatic heterocycles. The van der Waals surface area contributed by atoms with Gasteiger partial charge in [-0.25, -0.2) is 0 Å². The van der Waals surface area contributed by atoms with Crippen molar-refractivity contribution in [1.82, 2.24) is 0 Å². The first-order valence-electron chi connectivity index (χ1n) is 6.66. The van der Waals surface area contributed by atoms with Crippen molar-refractivity contribution in [1.29, 1.82) is 0 Å². The molecule has 1 aliphatic rings. The average Bonchev–Trinajstić information content (AvgIpc) is 2.38. The topological polar surface area (TPSA) is 46.5 Å². The fourth-order valence-corrected chi connectivity index (χ4v) is 2.83. The smallest absolute Gasteiger partial charge is 0.163 e. The van der Waals surface area contributed by atoms with E-state index in [-0.39, 0.29) is 12.4 Å². The molecular weight excluding hydrogens is 308 g/mol. The molecule has 0 unspecified atom stereocenters. The van der Waals surface area contributed by atoms with E-state index in [1.54, 1.807) is 12.1 Å². The van der Waals surface area contributed by atoms with Crippen molar-refractivity contribution in [2.24, 2.45) is 0 Å². The second-order valence-corrected chi connectivity index (χ2v) is 6.19. The number of carbonyl (C=O) groups excluding carboxylic acids is 1. The predicted octanol–water partition coefficient (Wildman–Crippen LogP) is 3.73. The van der Waals surface area contributed by atoms with Crippen molar-refractivity contribution in [3.63, 3.8) is 0 Å². The molecule has 0 heterocycles. The lowest BCUT2D eigenvalue weighted by molar-refractivity contribution is -0.0340. The summed E-state index contributed by atoms with van der Waals surface area (Å²) in [5.41, 5.74) is -0.187. The second-order valence-electron chi connectivity index (χ2n) is 5.27. The molecule has 19 heavy (non-hydrogen) atoms.